The Kier molecular flexibility index (Phi) is 2.68. The number of aliphatic hydroxyl groups is 1. The van der Waals surface area contributed by atoms with Crippen LogP contribution in [0, 0.1) is 0 Å². The van der Waals surface area contributed by atoms with Crippen molar-refractivity contribution in [3.63, 3.8) is 0 Å². The molecule has 0 aliphatic rings. The molecule has 3 heteroatoms. The Bertz CT molecular complexity index is 220. The standard InChI is InChI=1S/C8H14N2O/c1-10-5-2-3-8(10)7(9)4-6-11/h2-3,5,7,11H,4,6,9H2,1H3/t7-/m0/s1. The molecule has 1 atom stereocenters. The number of nitrogens with zero attached hydrogens (tertiary/aromatic N) is 1. The zero-order valence-electron chi connectivity index (χ0n) is 6.70. The lowest BCUT2D eigenvalue weighted by molar-refractivity contribution is 0.275. The average Bonchev–Trinajstić information content (AvgIpc) is 2.36. The third kappa shape index (κ3) is 1.82. The molecule has 0 saturated heterocycles. The molecule has 0 aliphatic heterocycles. The summed E-state index contributed by atoms with van der Waals surface area (Å²) in [7, 11) is 1.95. The number of aromatic nitrogens is 1. The molecule has 0 fully saturated rings. The van der Waals surface area contributed by atoms with Crippen molar-refractivity contribution in [1.82, 2.24) is 4.57 Å². The van der Waals surface area contributed by atoms with Gasteiger partial charge in [-0.1, -0.05) is 0 Å². The van der Waals surface area contributed by atoms with E-state index in [2.05, 4.69) is 0 Å². The lowest BCUT2D eigenvalue weighted by Gasteiger charge is -2.10. The molecular formula is C8H14N2O. The Balaban J connectivity index is 2.67. The van der Waals surface area contributed by atoms with Gasteiger partial charge >= 0.3 is 0 Å². The molecular weight excluding hydrogens is 140 g/mol. The fourth-order valence-electron chi connectivity index (χ4n) is 1.15. The fourth-order valence-corrected chi connectivity index (χ4v) is 1.15. The van der Waals surface area contributed by atoms with Crippen LogP contribution in [0.25, 0.3) is 0 Å². The summed E-state index contributed by atoms with van der Waals surface area (Å²) in [6, 6.07) is 3.88. The van der Waals surface area contributed by atoms with Crippen LogP contribution in [0.15, 0.2) is 18.3 Å². The topological polar surface area (TPSA) is 51.2 Å². The largest absolute Gasteiger partial charge is 0.396 e. The molecule has 0 unspecified atom stereocenters. The van der Waals surface area contributed by atoms with Gasteiger partial charge in [0.2, 0.25) is 0 Å². The smallest absolute Gasteiger partial charge is 0.0471 e. The maximum absolute atomic E-state index is 8.64. The average molecular weight is 154 g/mol. The highest BCUT2D eigenvalue weighted by Gasteiger charge is 2.06. The second-order valence-corrected chi connectivity index (χ2v) is 2.66. The van der Waals surface area contributed by atoms with Crippen molar-refractivity contribution in [3.8, 4) is 0 Å². The molecule has 0 aromatic carbocycles. The normalized spacial score (nSPS) is 13.4. The summed E-state index contributed by atoms with van der Waals surface area (Å²) in [5, 5.41) is 8.64. The molecule has 11 heavy (non-hydrogen) atoms. The van der Waals surface area contributed by atoms with Gasteiger partial charge in [-0.05, 0) is 18.6 Å². The van der Waals surface area contributed by atoms with E-state index in [-0.39, 0.29) is 12.6 Å². The van der Waals surface area contributed by atoms with Gasteiger partial charge < -0.3 is 15.4 Å². The van der Waals surface area contributed by atoms with E-state index in [4.69, 9.17) is 10.8 Å². The van der Waals surface area contributed by atoms with E-state index in [1.54, 1.807) is 0 Å². The van der Waals surface area contributed by atoms with Crippen LogP contribution in [0.5, 0.6) is 0 Å². The van der Waals surface area contributed by atoms with Gasteiger partial charge in [-0.2, -0.15) is 0 Å². The van der Waals surface area contributed by atoms with Crippen molar-refractivity contribution in [2.24, 2.45) is 12.8 Å². The summed E-state index contributed by atoms with van der Waals surface area (Å²) in [6.07, 6.45) is 2.57. The maximum Gasteiger partial charge on any atom is 0.0471 e. The van der Waals surface area contributed by atoms with E-state index in [1.807, 2.05) is 29.9 Å². The first kappa shape index (κ1) is 8.30. The van der Waals surface area contributed by atoms with Crippen LogP contribution in [0.4, 0.5) is 0 Å². The lowest BCUT2D eigenvalue weighted by atomic mass is 10.1. The first-order valence-electron chi connectivity index (χ1n) is 3.73. The van der Waals surface area contributed by atoms with Gasteiger partial charge in [-0.15, -0.1) is 0 Å². The maximum atomic E-state index is 8.64. The number of nitrogens with two attached hydrogens (primary N) is 1. The highest BCUT2D eigenvalue weighted by Crippen LogP contribution is 2.12. The van der Waals surface area contributed by atoms with E-state index in [9.17, 15) is 0 Å². The molecule has 1 aromatic heterocycles. The quantitative estimate of drug-likeness (QED) is 0.662. The van der Waals surface area contributed by atoms with Gasteiger partial charge in [0.25, 0.3) is 0 Å². The van der Waals surface area contributed by atoms with Crippen LogP contribution in [0.3, 0.4) is 0 Å². The van der Waals surface area contributed by atoms with Crippen LogP contribution in [-0.2, 0) is 7.05 Å². The Morgan fingerprint density at radius 1 is 1.73 bits per heavy atom. The fraction of sp³-hybridized carbons (Fsp3) is 0.500. The van der Waals surface area contributed by atoms with E-state index >= 15 is 0 Å². The van der Waals surface area contributed by atoms with Crippen LogP contribution < -0.4 is 5.73 Å². The molecule has 3 nitrogen and oxygen atoms in total. The van der Waals surface area contributed by atoms with Crippen LogP contribution in [0.1, 0.15) is 18.2 Å². The third-order valence-electron chi connectivity index (χ3n) is 1.80. The van der Waals surface area contributed by atoms with Gasteiger partial charge in [0.1, 0.15) is 0 Å². The third-order valence-corrected chi connectivity index (χ3v) is 1.80. The summed E-state index contributed by atoms with van der Waals surface area (Å²) in [6.45, 7) is 0.145. The number of hydrogen-bond acceptors (Lipinski definition) is 2. The molecule has 0 spiro atoms. The Morgan fingerprint density at radius 2 is 2.45 bits per heavy atom. The molecule has 0 bridgehead atoms. The van der Waals surface area contributed by atoms with E-state index in [0.29, 0.717) is 6.42 Å². The monoisotopic (exact) mass is 154 g/mol. The number of aliphatic hydroxyl groups excluding tert-OH is 1. The van der Waals surface area contributed by atoms with Gasteiger partial charge in [0.05, 0.1) is 0 Å². The summed E-state index contributed by atoms with van der Waals surface area (Å²) in [5.41, 5.74) is 6.84. The Hall–Kier alpha value is -0.800. The highest BCUT2D eigenvalue weighted by molar-refractivity contribution is 5.10. The van der Waals surface area contributed by atoms with Crippen LogP contribution >= 0.6 is 0 Å². The Labute approximate surface area is 66.4 Å². The second kappa shape index (κ2) is 3.55. The molecule has 0 radical (unpaired) electrons. The van der Waals surface area contributed by atoms with Crippen molar-refractivity contribution in [3.05, 3.63) is 24.0 Å². The summed E-state index contributed by atoms with van der Waals surface area (Å²) < 4.78 is 1.97. The number of hydrogen-bond donors (Lipinski definition) is 2. The van der Waals surface area contributed by atoms with Crippen molar-refractivity contribution in [2.75, 3.05) is 6.61 Å². The number of rotatable bonds is 3. The zero-order valence-corrected chi connectivity index (χ0v) is 6.70. The van der Waals surface area contributed by atoms with Gasteiger partial charge in [0, 0.05) is 31.6 Å². The van der Waals surface area contributed by atoms with Gasteiger partial charge in [0.15, 0.2) is 0 Å². The van der Waals surface area contributed by atoms with Crippen molar-refractivity contribution in [2.45, 2.75) is 12.5 Å². The molecule has 0 saturated carbocycles. The summed E-state index contributed by atoms with van der Waals surface area (Å²) >= 11 is 0. The molecule has 3 N–H and O–H groups in total. The minimum Gasteiger partial charge on any atom is -0.396 e. The molecule has 0 amide bonds. The highest BCUT2D eigenvalue weighted by atomic mass is 16.3. The van der Waals surface area contributed by atoms with Crippen molar-refractivity contribution < 1.29 is 5.11 Å². The molecule has 1 aromatic rings. The molecule has 1 rings (SSSR count). The minimum atomic E-state index is -0.0417. The summed E-state index contributed by atoms with van der Waals surface area (Å²) in [4.78, 5) is 0. The molecule has 0 aliphatic carbocycles. The van der Waals surface area contributed by atoms with Crippen molar-refractivity contribution >= 4 is 0 Å². The van der Waals surface area contributed by atoms with Gasteiger partial charge in [-0.3, -0.25) is 0 Å². The summed E-state index contributed by atoms with van der Waals surface area (Å²) in [5.74, 6) is 0. The lowest BCUT2D eigenvalue weighted by Crippen LogP contribution is -2.14. The second-order valence-electron chi connectivity index (χ2n) is 2.66. The van der Waals surface area contributed by atoms with Gasteiger partial charge in [-0.25, -0.2) is 0 Å². The first-order valence-corrected chi connectivity index (χ1v) is 3.73. The van der Waals surface area contributed by atoms with Crippen molar-refractivity contribution in [1.29, 1.82) is 0 Å². The van der Waals surface area contributed by atoms with E-state index in [1.165, 1.54) is 0 Å². The zero-order chi connectivity index (χ0) is 8.27. The Morgan fingerprint density at radius 3 is 2.91 bits per heavy atom. The first-order chi connectivity index (χ1) is 5.25. The molecule has 1 heterocycles. The van der Waals surface area contributed by atoms with Crippen LogP contribution in [0.2, 0.25) is 0 Å². The predicted octanol–water partition coefficient (Wildman–Crippen LogP) is 0.407. The number of aryl methyl sites for hydroxylation is 1. The van der Waals surface area contributed by atoms with Crippen LogP contribution in [-0.4, -0.2) is 16.3 Å². The minimum absolute atomic E-state index is 0.0417. The van der Waals surface area contributed by atoms with E-state index < -0.39 is 0 Å². The molecule has 62 valence electrons. The predicted molar refractivity (Wildman–Crippen MR) is 44.0 cm³/mol. The van der Waals surface area contributed by atoms with E-state index in [0.717, 1.165) is 5.69 Å². The SMILES string of the molecule is Cn1cccc1[C@@H](N)CCO.